The molecule has 1 saturated heterocycles. The van der Waals surface area contributed by atoms with Gasteiger partial charge in [-0.15, -0.1) is 5.10 Å². The molecule has 0 spiro atoms. The highest BCUT2D eigenvalue weighted by Crippen LogP contribution is 2.16. The lowest BCUT2D eigenvalue weighted by molar-refractivity contribution is 0.00806. The first kappa shape index (κ1) is 14.4. The standard InChI is InChI=1S/C13H25N5O/c1-11(2)9-14-10-13-15-16-17-18(13)7-6-12-5-3-4-8-19-12/h11-12,14H,3-10H2,1-2H3. The fourth-order valence-electron chi connectivity index (χ4n) is 2.30. The van der Waals surface area contributed by atoms with Crippen LogP contribution < -0.4 is 5.32 Å². The number of hydrogen-bond acceptors (Lipinski definition) is 5. The second-order valence-corrected chi connectivity index (χ2v) is 5.62. The van der Waals surface area contributed by atoms with E-state index < -0.39 is 0 Å². The van der Waals surface area contributed by atoms with Crippen LogP contribution in [0.4, 0.5) is 0 Å². The number of aryl methyl sites for hydroxylation is 1. The number of nitrogens with zero attached hydrogens (tertiary/aromatic N) is 4. The van der Waals surface area contributed by atoms with Crippen molar-refractivity contribution in [3.05, 3.63) is 5.82 Å². The fraction of sp³-hybridized carbons (Fsp3) is 0.923. The molecule has 1 N–H and O–H groups in total. The molecular weight excluding hydrogens is 242 g/mol. The van der Waals surface area contributed by atoms with Crippen LogP contribution in [0.15, 0.2) is 0 Å². The predicted molar refractivity (Wildman–Crippen MR) is 72.6 cm³/mol. The molecule has 0 bridgehead atoms. The molecule has 0 aromatic carbocycles. The van der Waals surface area contributed by atoms with Gasteiger partial charge >= 0.3 is 0 Å². The third kappa shape index (κ3) is 4.87. The molecule has 0 aliphatic carbocycles. The molecule has 108 valence electrons. The average Bonchev–Trinajstić information content (AvgIpc) is 2.85. The summed E-state index contributed by atoms with van der Waals surface area (Å²) in [7, 11) is 0. The molecule has 1 atom stereocenters. The summed E-state index contributed by atoms with van der Waals surface area (Å²) in [6, 6.07) is 0. The number of ether oxygens (including phenoxy) is 1. The summed E-state index contributed by atoms with van der Waals surface area (Å²) >= 11 is 0. The van der Waals surface area contributed by atoms with E-state index in [1.54, 1.807) is 0 Å². The van der Waals surface area contributed by atoms with Crippen molar-refractivity contribution in [2.24, 2.45) is 5.92 Å². The molecule has 1 aliphatic rings. The molecule has 1 aliphatic heterocycles. The molecule has 1 aromatic heterocycles. The van der Waals surface area contributed by atoms with Crippen molar-refractivity contribution in [3.63, 3.8) is 0 Å². The van der Waals surface area contributed by atoms with Gasteiger partial charge in [-0.05, 0) is 48.6 Å². The maximum Gasteiger partial charge on any atom is 0.165 e. The maximum absolute atomic E-state index is 5.73. The second kappa shape index (κ2) is 7.55. The lowest BCUT2D eigenvalue weighted by atomic mass is 10.1. The molecule has 6 heteroatoms. The van der Waals surface area contributed by atoms with Crippen LogP contribution in [0.3, 0.4) is 0 Å². The van der Waals surface area contributed by atoms with Gasteiger partial charge in [0.05, 0.1) is 12.6 Å². The zero-order chi connectivity index (χ0) is 13.5. The Morgan fingerprint density at radius 2 is 2.32 bits per heavy atom. The number of tetrazole rings is 1. The summed E-state index contributed by atoms with van der Waals surface area (Å²) in [6.07, 6.45) is 5.04. The number of rotatable bonds is 7. The summed E-state index contributed by atoms with van der Waals surface area (Å²) in [6.45, 7) is 7.85. The maximum atomic E-state index is 5.73. The average molecular weight is 267 g/mol. The second-order valence-electron chi connectivity index (χ2n) is 5.62. The van der Waals surface area contributed by atoms with E-state index in [0.717, 1.165) is 38.5 Å². The molecule has 0 saturated carbocycles. The van der Waals surface area contributed by atoms with Gasteiger partial charge < -0.3 is 10.1 Å². The minimum absolute atomic E-state index is 0.384. The van der Waals surface area contributed by atoms with Gasteiger partial charge in [-0.3, -0.25) is 0 Å². The number of nitrogens with one attached hydrogen (secondary N) is 1. The van der Waals surface area contributed by atoms with Crippen LogP contribution in [-0.4, -0.2) is 39.5 Å². The van der Waals surface area contributed by atoms with Gasteiger partial charge in [0.1, 0.15) is 0 Å². The Balaban J connectivity index is 1.75. The number of aromatic nitrogens is 4. The molecule has 19 heavy (non-hydrogen) atoms. The molecule has 1 unspecified atom stereocenters. The van der Waals surface area contributed by atoms with Gasteiger partial charge in [0.2, 0.25) is 0 Å². The Bertz CT molecular complexity index is 360. The van der Waals surface area contributed by atoms with Crippen LogP contribution in [0.25, 0.3) is 0 Å². The fourth-order valence-corrected chi connectivity index (χ4v) is 2.30. The Morgan fingerprint density at radius 1 is 1.42 bits per heavy atom. The highest BCUT2D eigenvalue weighted by Gasteiger charge is 2.15. The SMILES string of the molecule is CC(C)CNCc1nnnn1CCC1CCCCO1. The van der Waals surface area contributed by atoms with Crippen LogP contribution in [0.1, 0.15) is 45.4 Å². The first-order valence-electron chi connectivity index (χ1n) is 7.33. The van der Waals surface area contributed by atoms with Crippen molar-refractivity contribution in [2.75, 3.05) is 13.2 Å². The van der Waals surface area contributed by atoms with E-state index >= 15 is 0 Å². The summed E-state index contributed by atoms with van der Waals surface area (Å²) in [5.41, 5.74) is 0. The molecule has 0 amide bonds. The first-order valence-corrected chi connectivity index (χ1v) is 7.33. The zero-order valence-corrected chi connectivity index (χ0v) is 12.0. The zero-order valence-electron chi connectivity index (χ0n) is 12.0. The van der Waals surface area contributed by atoms with Crippen molar-refractivity contribution in [2.45, 2.75) is 58.7 Å². The molecule has 1 aromatic rings. The van der Waals surface area contributed by atoms with Gasteiger partial charge in [-0.1, -0.05) is 13.8 Å². The van der Waals surface area contributed by atoms with Crippen LogP contribution in [0, 0.1) is 5.92 Å². The van der Waals surface area contributed by atoms with Crippen molar-refractivity contribution in [3.8, 4) is 0 Å². The lowest BCUT2D eigenvalue weighted by Gasteiger charge is -2.22. The first-order chi connectivity index (χ1) is 9.25. The monoisotopic (exact) mass is 267 g/mol. The largest absolute Gasteiger partial charge is 0.378 e. The molecule has 0 radical (unpaired) electrons. The van der Waals surface area contributed by atoms with E-state index in [-0.39, 0.29) is 0 Å². The molecular formula is C13H25N5O. The Morgan fingerprint density at radius 3 is 3.05 bits per heavy atom. The molecule has 2 rings (SSSR count). The summed E-state index contributed by atoms with van der Waals surface area (Å²) < 4.78 is 7.63. The highest BCUT2D eigenvalue weighted by atomic mass is 16.5. The van der Waals surface area contributed by atoms with Crippen LogP contribution >= 0.6 is 0 Å². The Kier molecular flexibility index (Phi) is 5.72. The van der Waals surface area contributed by atoms with Crippen LogP contribution in [0.5, 0.6) is 0 Å². The van der Waals surface area contributed by atoms with E-state index in [2.05, 4.69) is 34.7 Å². The predicted octanol–water partition coefficient (Wildman–Crippen LogP) is 1.38. The van der Waals surface area contributed by atoms with Crippen molar-refractivity contribution in [1.82, 2.24) is 25.5 Å². The van der Waals surface area contributed by atoms with E-state index in [1.165, 1.54) is 19.3 Å². The van der Waals surface area contributed by atoms with Gasteiger partial charge in [0.25, 0.3) is 0 Å². The third-order valence-electron chi connectivity index (χ3n) is 3.38. The van der Waals surface area contributed by atoms with E-state index in [1.807, 2.05) is 4.68 Å². The lowest BCUT2D eigenvalue weighted by Crippen LogP contribution is -2.24. The summed E-state index contributed by atoms with van der Waals surface area (Å²) in [5, 5.41) is 15.3. The highest BCUT2D eigenvalue weighted by molar-refractivity contribution is 4.80. The topological polar surface area (TPSA) is 64.9 Å². The minimum atomic E-state index is 0.384. The van der Waals surface area contributed by atoms with Crippen LogP contribution in [0.2, 0.25) is 0 Å². The number of hydrogen-bond donors (Lipinski definition) is 1. The minimum Gasteiger partial charge on any atom is -0.378 e. The molecule has 2 heterocycles. The Hall–Kier alpha value is -1.01. The molecule has 6 nitrogen and oxygen atoms in total. The van der Waals surface area contributed by atoms with Gasteiger partial charge in [0.15, 0.2) is 5.82 Å². The normalized spacial score (nSPS) is 20.1. The van der Waals surface area contributed by atoms with Crippen molar-refractivity contribution < 1.29 is 4.74 Å². The van der Waals surface area contributed by atoms with Gasteiger partial charge in [0, 0.05) is 13.2 Å². The van der Waals surface area contributed by atoms with Gasteiger partial charge in [-0.25, -0.2) is 4.68 Å². The third-order valence-corrected chi connectivity index (χ3v) is 3.38. The van der Waals surface area contributed by atoms with E-state index in [0.29, 0.717) is 12.0 Å². The Labute approximate surface area is 114 Å². The van der Waals surface area contributed by atoms with E-state index in [4.69, 9.17) is 4.74 Å². The smallest absolute Gasteiger partial charge is 0.165 e. The van der Waals surface area contributed by atoms with E-state index in [9.17, 15) is 0 Å². The van der Waals surface area contributed by atoms with Crippen LogP contribution in [-0.2, 0) is 17.8 Å². The summed E-state index contributed by atoms with van der Waals surface area (Å²) in [4.78, 5) is 0. The quantitative estimate of drug-likeness (QED) is 0.808. The summed E-state index contributed by atoms with van der Waals surface area (Å²) in [5.74, 6) is 1.55. The molecule has 1 fully saturated rings. The van der Waals surface area contributed by atoms with Gasteiger partial charge in [-0.2, -0.15) is 0 Å². The van der Waals surface area contributed by atoms with Crippen molar-refractivity contribution in [1.29, 1.82) is 0 Å². The van der Waals surface area contributed by atoms with Crippen molar-refractivity contribution >= 4 is 0 Å².